The number of amides is 1. The SMILES string of the molecule is COc1ccc([C@@H]2OC(=O)C[C@H]2C(=O)NCc2ccc(C)cc2)cc1OC. The van der Waals surface area contributed by atoms with E-state index in [4.69, 9.17) is 14.2 Å². The fourth-order valence-corrected chi connectivity index (χ4v) is 3.14. The van der Waals surface area contributed by atoms with Crippen molar-refractivity contribution in [3.63, 3.8) is 0 Å². The molecule has 1 saturated heterocycles. The van der Waals surface area contributed by atoms with Crippen molar-refractivity contribution in [1.82, 2.24) is 5.32 Å². The Labute approximate surface area is 158 Å². The van der Waals surface area contributed by atoms with Gasteiger partial charge in [0.05, 0.1) is 26.6 Å². The summed E-state index contributed by atoms with van der Waals surface area (Å²) in [7, 11) is 3.09. The first-order valence-corrected chi connectivity index (χ1v) is 8.76. The number of esters is 1. The van der Waals surface area contributed by atoms with Crippen molar-refractivity contribution < 1.29 is 23.8 Å². The normalized spacial score (nSPS) is 18.7. The number of nitrogens with one attached hydrogen (secondary N) is 1. The number of benzene rings is 2. The Bertz CT molecular complexity index is 831. The summed E-state index contributed by atoms with van der Waals surface area (Å²) in [6.45, 7) is 2.42. The largest absolute Gasteiger partial charge is 0.493 e. The molecular formula is C21H23NO5. The number of hydrogen-bond donors (Lipinski definition) is 1. The van der Waals surface area contributed by atoms with Crippen LogP contribution < -0.4 is 14.8 Å². The molecule has 1 aliphatic rings. The summed E-state index contributed by atoms with van der Waals surface area (Å²) in [5.74, 6) is -0.0739. The highest BCUT2D eigenvalue weighted by atomic mass is 16.6. The van der Waals surface area contributed by atoms with E-state index < -0.39 is 12.0 Å². The molecule has 27 heavy (non-hydrogen) atoms. The van der Waals surface area contributed by atoms with Crippen LogP contribution in [0, 0.1) is 12.8 Å². The third-order valence-electron chi connectivity index (χ3n) is 4.67. The van der Waals surface area contributed by atoms with E-state index in [-0.39, 0.29) is 18.3 Å². The van der Waals surface area contributed by atoms with Gasteiger partial charge in [-0.1, -0.05) is 35.9 Å². The van der Waals surface area contributed by atoms with Crippen molar-refractivity contribution in [2.45, 2.75) is 26.0 Å². The quantitative estimate of drug-likeness (QED) is 0.793. The van der Waals surface area contributed by atoms with E-state index in [0.717, 1.165) is 11.1 Å². The molecule has 0 aromatic heterocycles. The van der Waals surface area contributed by atoms with Gasteiger partial charge in [0.1, 0.15) is 6.10 Å². The van der Waals surface area contributed by atoms with Crippen LogP contribution in [0.4, 0.5) is 0 Å². The van der Waals surface area contributed by atoms with E-state index in [0.29, 0.717) is 23.6 Å². The summed E-state index contributed by atoms with van der Waals surface area (Å²) < 4.78 is 16.0. The van der Waals surface area contributed by atoms with Crippen molar-refractivity contribution >= 4 is 11.9 Å². The first kappa shape index (κ1) is 18.8. The monoisotopic (exact) mass is 369 g/mol. The van der Waals surface area contributed by atoms with Gasteiger partial charge in [-0.25, -0.2) is 0 Å². The van der Waals surface area contributed by atoms with Crippen molar-refractivity contribution in [3.8, 4) is 11.5 Å². The second-order valence-corrected chi connectivity index (χ2v) is 6.54. The highest BCUT2D eigenvalue weighted by molar-refractivity contribution is 5.87. The Morgan fingerprint density at radius 3 is 2.48 bits per heavy atom. The van der Waals surface area contributed by atoms with Crippen LogP contribution in [0.5, 0.6) is 11.5 Å². The highest BCUT2D eigenvalue weighted by Crippen LogP contribution is 2.39. The number of ether oxygens (including phenoxy) is 3. The third-order valence-corrected chi connectivity index (χ3v) is 4.67. The molecule has 0 aliphatic carbocycles. The van der Waals surface area contributed by atoms with Crippen LogP contribution in [0.15, 0.2) is 42.5 Å². The first-order valence-electron chi connectivity index (χ1n) is 8.76. The van der Waals surface area contributed by atoms with Gasteiger partial charge in [-0.15, -0.1) is 0 Å². The first-order chi connectivity index (χ1) is 13.0. The van der Waals surface area contributed by atoms with E-state index in [9.17, 15) is 9.59 Å². The van der Waals surface area contributed by atoms with Crippen LogP contribution in [0.25, 0.3) is 0 Å². The lowest BCUT2D eigenvalue weighted by Gasteiger charge is -2.19. The van der Waals surface area contributed by atoms with Crippen LogP contribution in [0.2, 0.25) is 0 Å². The molecule has 6 heteroatoms. The highest BCUT2D eigenvalue weighted by Gasteiger charge is 2.41. The lowest BCUT2D eigenvalue weighted by molar-refractivity contribution is -0.141. The molecule has 3 rings (SSSR count). The van der Waals surface area contributed by atoms with Gasteiger partial charge in [0.25, 0.3) is 0 Å². The molecule has 1 aliphatic heterocycles. The molecule has 2 aromatic carbocycles. The summed E-state index contributed by atoms with van der Waals surface area (Å²) in [5, 5.41) is 2.90. The lowest BCUT2D eigenvalue weighted by atomic mass is 9.94. The Hall–Kier alpha value is -3.02. The van der Waals surface area contributed by atoms with E-state index in [2.05, 4.69) is 5.32 Å². The van der Waals surface area contributed by atoms with E-state index in [1.807, 2.05) is 31.2 Å². The summed E-state index contributed by atoms with van der Waals surface area (Å²) in [5.41, 5.74) is 2.87. The minimum Gasteiger partial charge on any atom is -0.493 e. The van der Waals surface area contributed by atoms with Crippen molar-refractivity contribution in [3.05, 3.63) is 59.2 Å². The maximum Gasteiger partial charge on any atom is 0.307 e. The molecule has 0 saturated carbocycles. The molecule has 1 amide bonds. The molecule has 1 N–H and O–H groups in total. The number of methoxy groups -OCH3 is 2. The Kier molecular flexibility index (Phi) is 5.64. The van der Waals surface area contributed by atoms with Crippen molar-refractivity contribution in [1.29, 1.82) is 0 Å². The fraction of sp³-hybridized carbons (Fsp3) is 0.333. The van der Waals surface area contributed by atoms with Gasteiger partial charge in [-0.2, -0.15) is 0 Å². The summed E-state index contributed by atoms with van der Waals surface area (Å²) in [6.07, 6.45) is -0.589. The number of cyclic esters (lactones) is 1. The topological polar surface area (TPSA) is 73.9 Å². The van der Waals surface area contributed by atoms with Gasteiger partial charge >= 0.3 is 5.97 Å². The second-order valence-electron chi connectivity index (χ2n) is 6.54. The minimum atomic E-state index is -0.643. The molecular weight excluding hydrogens is 346 g/mol. The average molecular weight is 369 g/mol. The molecule has 142 valence electrons. The smallest absolute Gasteiger partial charge is 0.307 e. The zero-order valence-corrected chi connectivity index (χ0v) is 15.7. The third kappa shape index (κ3) is 4.22. The predicted molar refractivity (Wildman–Crippen MR) is 99.5 cm³/mol. The van der Waals surface area contributed by atoms with E-state index >= 15 is 0 Å². The summed E-state index contributed by atoms with van der Waals surface area (Å²) in [6, 6.07) is 13.2. The van der Waals surface area contributed by atoms with Gasteiger partial charge in [-0.3, -0.25) is 9.59 Å². The van der Waals surface area contributed by atoms with E-state index in [1.54, 1.807) is 25.3 Å². The number of carbonyl (C=O) groups is 2. The van der Waals surface area contributed by atoms with Gasteiger partial charge in [-0.05, 0) is 30.2 Å². The number of carbonyl (C=O) groups excluding carboxylic acids is 2. The predicted octanol–water partition coefficient (Wildman–Crippen LogP) is 2.93. The Morgan fingerprint density at radius 1 is 1.11 bits per heavy atom. The van der Waals surface area contributed by atoms with Gasteiger partial charge in [0.15, 0.2) is 11.5 Å². The Morgan fingerprint density at radius 2 is 1.81 bits per heavy atom. The summed E-state index contributed by atoms with van der Waals surface area (Å²) >= 11 is 0. The van der Waals surface area contributed by atoms with Crippen molar-refractivity contribution in [2.75, 3.05) is 14.2 Å². The molecule has 1 heterocycles. The fourth-order valence-electron chi connectivity index (χ4n) is 3.14. The number of aryl methyl sites for hydroxylation is 1. The van der Waals surface area contributed by atoms with E-state index in [1.165, 1.54) is 7.11 Å². The maximum absolute atomic E-state index is 12.7. The van der Waals surface area contributed by atoms with Gasteiger partial charge in [0, 0.05) is 6.54 Å². The lowest BCUT2D eigenvalue weighted by Crippen LogP contribution is -2.32. The van der Waals surface area contributed by atoms with Crippen molar-refractivity contribution in [2.24, 2.45) is 5.92 Å². The Balaban J connectivity index is 1.74. The molecule has 0 spiro atoms. The zero-order chi connectivity index (χ0) is 19.4. The van der Waals surface area contributed by atoms with Crippen LogP contribution in [0.1, 0.15) is 29.2 Å². The number of hydrogen-bond acceptors (Lipinski definition) is 5. The van der Waals surface area contributed by atoms with Crippen LogP contribution in [-0.4, -0.2) is 26.1 Å². The molecule has 2 aromatic rings. The molecule has 0 radical (unpaired) electrons. The summed E-state index contributed by atoms with van der Waals surface area (Å²) in [4.78, 5) is 24.6. The van der Waals surface area contributed by atoms with Gasteiger partial charge < -0.3 is 19.5 Å². The standard InChI is InChI=1S/C21H23NO5/c1-13-4-6-14(7-5-13)12-22-21(24)16-11-19(23)27-20(16)15-8-9-17(25-2)18(10-15)26-3/h4-10,16,20H,11-12H2,1-3H3,(H,22,24)/t16-,20+/m1/s1. The zero-order valence-electron chi connectivity index (χ0n) is 15.7. The molecule has 2 atom stereocenters. The van der Waals surface area contributed by atoms with Crippen LogP contribution in [0.3, 0.4) is 0 Å². The molecule has 0 unspecified atom stereocenters. The average Bonchev–Trinajstić information content (AvgIpc) is 3.08. The number of rotatable bonds is 6. The second kappa shape index (κ2) is 8.12. The molecule has 0 bridgehead atoms. The van der Waals surface area contributed by atoms with Crippen LogP contribution >= 0.6 is 0 Å². The maximum atomic E-state index is 12.7. The molecule has 1 fully saturated rings. The molecule has 6 nitrogen and oxygen atoms in total. The van der Waals surface area contributed by atoms with Gasteiger partial charge in [0.2, 0.25) is 5.91 Å². The minimum absolute atomic E-state index is 0.0543. The van der Waals surface area contributed by atoms with Crippen LogP contribution in [-0.2, 0) is 20.9 Å².